The summed E-state index contributed by atoms with van der Waals surface area (Å²) in [7, 11) is 0. The maximum Gasteiger partial charge on any atom is 0.303 e. The van der Waals surface area contributed by atoms with Gasteiger partial charge in [-0.15, -0.1) is 0 Å². The van der Waals surface area contributed by atoms with Gasteiger partial charge in [0.1, 0.15) is 29.3 Å². The number of aliphatic hydroxyl groups is 2. The lowest BCUT2D eigenvalue weighted by Crippen LogP contribution is -2.62. The normalized spacial score (nSPS) is 45.1. The van der Waals surface area contributed by atoms with Gasteiger partial charge in [0, 0.05) is 30.7 Å². The third kappa shape index (κ3) is 3.96. The number of nitrogens with one attached hydrogen (secondary N) is 1. The minimum atomic E-state index is -1.83. The number of ketones is 1. The van der Waals surface area contributed by atoms with E-state index >= 15 is 0 Å². The van der Waals surface area contributed by atoms with E-state index in [0.29, 0.717) is 18.4 Å². The summed E-state index contributed by atoms with van der Waals surface area (Å²) in [6, 6.07) is 9.48. The molecule has 1 spiro atoms. The Kier molecular flexibility index (Phi) is 6.65. The molecule has 8 nitrogen and oxygen atoms in total. The predicted octanol–water partition coefficient (Wildman–Crippen LogP) is 2.13. The Hall–Kier alpha value is -2.81. The minimum absolute atomic E-state index is 0.302. The van der Waals surface area contributed by atoms with E-state index in [2.05, 4.69) is 11.9 Å². The summed E-state index contributed by atoms with van der Waals surface area (Å²) in [5, 5.41) is 26.0. The number of benzene rings is 1. The van der Waals surface area contributed by atoms with Crippen LogP contribution in [0.2, 0.25) is 0 Å². The number of allylic oxidation sites excluding steroid dienone is 1. The van der Waals surface area contributed by atoms with Gasteiger partial charge >= 0.3 is 5.97 Å². The van der Waals surface area contributed by atoms with Crippen molar-refractivity contribution in [3.05, 3.63) is 60.2 Å². The molecule has 5 rings (SSSR count). The number of rotatable bonds is 3. The van der Waals surface area contributed by atoms with Crippen LogP contribution in [0.25, 0.3) is 0 Å². The summed E-state index contributed by atoms with van der Waals surface area (Å²) in [5.41, 5.74) is -1.60. The van der Waals surface area contributed by atoms with E-state index in [9.17, 15) is 24.6 Å². The first-order chi connectivity index (χ1) is 17.9. The molecule has 3 N–H and O–H groups in total. The number of carbonyl (C=O) groups excluding carboxylic acids is 3. The van der Waals surface area contributed by atoms with E-state index in [4.69, 9.17) is 9.47 Å². The van der Waals surface area contributed by atoms with Crippen molar-refractivity contribution in [3.8, 4) is 0 Å². The molecule has 1 aromatic carbocycles. The third-order valence-corrected chi connectivity index (χ3v) is 9.31. The topological polar surface area (TPSA) is 125 Å². The van der Waals surface area contributed by atoms with Crippen molar-refractivity contribution in [2.45, 2.75) is 76.6 Å². The minimum Gasteiger partial charge on any atom is -0.458 e. The lowest BCUT2D eigenvalue weighted by molar-refractivity contribution is -0.175. The van der Waals surface area contributed by atoms with Gasteiger partial charge in [-0.25, -0.2) is 0 Å². The first kappa shape index (κ1) is 26.8. The summed E-state index contributed by atoms with van der Waals surface area (Å²) >= 11 is 0. The zero-order valence-corrected chi connectivity index (χ0v) is 22.3. The van der Waals surface area contributed by atoms with Gasteiger partial charge in [0.2, 0.25) is 5.91 Å². The molecule has 2 aliphatic carbocycles. The molecule has 3 fully saturated rings. The number of Topliss-reactive ketones (excluding diaryl/α,β-unsaturated/α-hetero) is 1. The molecule has 0 radical (unpaired) electrons. The highest BCUT2D eigenvalue weighted by Gasteiger charge is 2.74. The number of carbonyl (C=O) groups is 3. The SMILES string of the molecule is C=C1[C@@H](C)[C@H]2[C@H](Cc3ccccc3)NC(=O)[C@]23[C@H](OC(C)=O)[C@@H]2O[C@H]2[C@@](C)(O)C(=O)[C@@H](C)C/C=C\[C@H]3[C@@H]1O. The van der Waals surface area contributed by atoms with Crippen LogP contribution in [0.4, 0.5) is 0 Å². The van der Waals surface area contributed by atoms with Crippen LogP contribution in [0.15, 0.2) is 54.6 Å². The summed E-state index contributed by atoms with van der Waals surface area (Å²) in [6.45, 7) is 10.6. The van der Waals surface area contributed by atoms with E-state index in [1.54, 1.807) is 19.1 Å². The molecule has 11 atom stereocenters. The maximum atomic E-state index is 14.3. The first-order valence-electron chi connectivity index (χ1n) is 13.4. The molecule has 204 valence electrons. The Labute approximate surface area is 223 Å². The van der Waals surface area contributed by atoms with Crippen LogP contribution in [-0.4, -0.2) is 63.9 Å². The summed E-state index contributed by atoms with van der Waals surface area (Å²) in [5.74, 6) is -3.34. The Morgan fingerprint density at radius 3 is 2.58 bits per heavy atom. The second-order valence-corrected chi connectivity index (χ2v) is 11.7. The number of aliphatic hydroxyl groups excluding tert-OH is 1. The molecular formula is C30H37NO7. The first-order valence-corrected chi connectivity index (χ1v) is 13.4. The molecule has 4 aliphatic rings. The molecule has 38 heavy (non-hydrogen) atoms. The molecule has 0 bridgehead atoms. The van der Waals surface area contributed by atoms with E-state index in [1.807, 2.05) is 37.3 Å². The fourth-order valence-electron chi connectivity index (χ4n) is 7.41. The van der Waals surface area contributed by atoms with Gasteiger partial charge in [-0.05, 0) is 36.8 Å². The highest BCUT2D eigenvalue weighted by molar-refractivity contribution is 5.91. The number of hydrogen-bond donors (Lipinski definition) is 3. The standard InChI is InChI=1S/C30H37NO7/c1-15-10-9-13-20-23(33)17(3)16(2)22-21(14-19-11-7-6-8-12-19)31-28(35)30(20,22)27(37-18(4)32)24-26(38-24)29(5,36)25(15)34/h6-9,11-13,15-16,20-24,26-27,33,36H,3,10,14H2,1-2,4-5H3,(H,31,35)/b13-9-/t15-,16+,20-,21-,22-,23+,24+,26+,27+,29-,30-/m0/s1. The van der Waals surface area contributed by atoms with Gasteiger partial charge in [-0.3, -0.25) is 14.4 Å². The molecule has 2 aliphatic heterocycles. The number of esters is 1. The van der Waals surface area contributed by atoms with E-state index in [1.165, 1.54) is 13.8 Å². The van der Waals surface area contributed by atoms with Gasteiger partial charge < -0.3 is 25.0 Å². The van der Waals surface area contributed by atoms with Crippen molar-refractivity contribution in [1.29, 1.82) is 0 Å². The van der Waals surface area contributed by atoms with Gasteiger partial charge in [0.25, 0.3) is 0 Å². The van der Waals surface area contributed by atoms with Gasteiger partial charge in [-0.2, -0.15) is 0 Å². The van der Waals surface area contributed by atoms with Gasteiger partial charge in [-0.1, -0.05) is 62.9 Å². The molecule has 1 aromatic rings. The van der Waals surface area contributed by atoms with Crippen LogP contribution in [0.1, 0.15) is 39.7 Å². The summed E-state index contributed by atoms with van der Waals surface area (Å²) in [6.07, 6.45) is 0.350. The van der Waals surface area contributed by atoms with Crippen molar-refractivity contribution in [3.63, 3.8) is 0 Å². The molecule has 0 aromatic heterocycles. The smallest absolute Gasteiger partial charge is 0.303 e. The van der Waals surface area contributed by atoms with Gasteiger partial charge in [0.15, 0.2) is 5.78 Å². The molecule has 1 amide bonds. The molecule has 2 saturated heterocycles. The fraction of sp³-hybridized carbons (Fsp3) is 0.567. The van der Waals surface area contributed by atoms with Crippen LogP contribution in [-0.2, 0) is 30.3 Å². The van der Waals surface area contributed by atoms with Crippen LogP contribution in [0, 0.1) is 29.1 Å². The summed E-state index contributed by atoms with van der Waals surface area (Å²) in [4.78, 5) is 40.0. The number of ether oxygens (including phenoxy) is 2. The Morgan fingerprint density at radius 2 is 1.92 bits per heavy atom. The van der Waals surface area contributed by atoms with Crippen LogP contribution in [0.5, 0.6) is 0 Å². The number of hydrogen-bond acceptors (Lipinski definition) is 7. The molecule has 0 unspecified atom stereocenters. The Balaban J connectivity index is 1.70. The third-order valence-electron chi connectivity index (χ3n) is 9.31. The predicted molar refractivity (Wildman–Crippen MR) is 139 cm³/mol. The molecular weight excluding hydrogens is 486 g/mol. The number of amides is 1. The quantitative estimate of drug-likeness (QED) is 0.315. The van der Waals surface area contributed by atoms with Crippen molar-refractivity contribution in [2.24, 2.45) is 29.1 Å². The zero-order valence-electron chi connectivity index (χ0n) is 22.3. The van der Waals surface area contributed by atoms with Gasteiger partial charge in [0.05, 0.1) is 6.10 Å². The maximum absolute atomic E-state index is 14.3. The van der Waals surface area contributed by atoms with E-state index in [-0.39, 0.29) is 23.7 Å². The largest absolute Gasteiger partial charge is 0.458 e. The second-order valence-electron chi connectivity index (χ2n) is 11.7. The van der Waals surface area contributed by atoms with Crippen LogP contribution < -0.4 is 5.32 Å². The molecule has 8 heteroatoms. The van der Waals surface area contributed by atoms with Crippen LogP contribution in [0.3, 0.4) is 0 Å². The number of fused-ring (bicyclic) bond motifs is 1. The second kappa shape index (κ2) is 9.43. The van der Waals surface area contributed by atoms with E-state index in [0.717, 1.165) is 5.56 Å². The van der Waals surface area contributed by atoms with Crippen molar-refractivity contribution >= 4 is 17.7 Å². The van der Waals surface area contributed by atoms with E-state index < -0.39 is 59.2 Å². The highest BCUT2D eigenvalue weighted by atomic mass is 16.6. The average molecular weight is 524 g/mol. The molecule has 1 saturated carbocycles. The average Bonchev–Trinajstić information content (AvgIpc) is 3.62. The monoisotopic (exact) mass is 523 g/mol. The van der Waals surface area contributed by atoms with Crippen molar-refractivity contribution in [1.82, 2.24) is 5.32 Å². The zero-order chi connectivity index (χ0) is 27.6. The highest BCUT2D eigenvalue weighted by Crippen LogP contribution is 2.61. The molecule has 2 heterocycles. The van der Waals surface area contributed by atoms with Crippen molar-refractivity contribution in [2.75, 3.05) is 0 Å². The Bertz CT molecular complexity index is 1180. The Morgan fingerprint density at radius 1 is 1.24 bits per heavy atom. The van der Waals surface area contributed by atoms with Crippen molar-refractivity contribution < 1.29 is 34.1 Å². The number of epoxide rings is 1. The lowest BCUT2D eigenvalue weighted by Gasteiger charge is -2.52. The lowest BCUT2D eigenvalue weighted by atomic mass is 9.51. The fourth-order valence-corrected chi connectivity index (χ4v) is 7.41. The van der Waals surface area contributed by atoms with Crippen LogP contribution >= 0.6 is 0 Å². The summed E-state index contributed by atoms with van der Waals surface area (Å²) < 4.78 is 11.9.